The van der Waals surface area contributed by atoms with Crippen molar-refractivity contribution in [3.05, 3.63) is 58.2 Å². The summed E-state index contributed by atoms with van der Waals surface area (Å²) in [5.41, 5.74) is 2.41. The molecule has 3 aromatic rings. The Labute approximate surface area is 141 Å². The van der Waals surface area contributed by atoms with Gasteiger partial charge in [0, 0.05) is 27.8 Å². The molecule has 0 saturated carbocycles. The van der Waals surface area contributed by atoms with Gasteiger partial charge in [0.2, 0.25) is 0 Å². The molecule has 2 N–H and O–H groups in total. The molecule has 6 heteroatoms. The largest absolute Gasteiger partial charge is 0.508 e. The quantitative estimate of drug-likeness (QED) is 0.610. The predicted molar refractivity (Wildman–Crippen MR) is 93.1 cm³/mol. The molecule has 3 nitrogen and oxygen atoms in total. The Hall–Kier alpha value is -1.49. The van der Waals surface area contributed by atoms with Gasteiger partial charge in [-0.2, -0.15) is 0 Å². The van der Waals surface area contributed by atoms with Crippen LogP contribution in [0.4, 0.5) is 11.4 Å². The van der Waals surface area contributed by atoms with Crippen LogP contribution in [0.1, 0.15) is 0 Å². The van der Waals surface area contributed by atoms with Crippen molar-refractivity contribution >= 4 is 62.2 Å². The lowest BCUT2D eigenvalue weighted by molar-refractivity contribution is 0.475. The fraction of sp³-hybridized carbons (Fsp3) is 0. The number of phenolic OH excluding ortho intramolecular Hbond substituents is 1. The standard InChI is InChI=1S/C15H10BrClN2O.ClH/c16-9-1-4-13-11(7-9)14(5-6-18-13)19-15-8-10(20)2-3-12(15)17;/h1-8,20H,(H,18,19);1H. The smallest absolute Gasteiger partial charge is 0.117 e. The molecule has 0 fully saturated rings. The molecule has 0 saturated heterocycles. The topological polar surface area (TPSA) is 45.1 Å². The molecular formula is C15H11BrCl2N2O. The number of rotatable bonds is 2. The molecule has 2 aromatic carbocycles. The first-order valence-electron chi connectivity index (χ1n) is 5.93. The Bertz CT molecular complexity index is 796. The van der Waals surface area contributed by atoms with Crippen LogP contribution in [0.25, 0.3) is 10.9 Å². The Balaban J connectivity index is 0.00000161. The van der Waals surface area contributed by atoms with Gasteiger partial charge in [0.1, 0.15) is 5.75 Å². The average molecular weight is 386 g/mol. The van der Waals surface area contributed by atoms with Crippen LogP contribution in [0.5, 0.6) is 5.75 Å². The van der Waals surface area contributed by atoms with E-state index in [1.807, 2.05) is 24.3 Å². The molecule has 0 aliphatic rings. The maximum atomic E-state index is 9.55. The van der Waals surface area contributed by atoms with Crippen molar-refractivity contribution in [2.75, 3.05) is 5.32 Å². The molecular weight excluding hydrogens is 375 g/mol. The van der Waals surface area contributed by atoms with Crippen LogP contribution in [0.2, 0.25) is 5.02 Å². The lowest BCUT2D eigenvalue weighted by atomic mass is 10.2. The number of aromatic nitrogens is 1. The predicted octanol–water partition coefficient (Wildman–Crippen LogP) is 5.52. The first-order chi connectivity index (χ1) is 9.63. The number of aromatic hydroxyl groups is 1. The third-order valence-electron chi connectivity index (χ3n) is 2.92. The Kier molecular flexibility index (Phi) is 4.93. The third-order valence-corrected chi connectivity index (χ3v) is 3.75. The Morgan fingerprint density at radius 2 is 1.86 bits per heavy atom. The summed E-state index contributed by atoms with van der Waals surface area (Å²) in [6.07, 6.45) is 1.73. The fourth-order valence-electron chi connectivity index (χ4n) is 1.98. The normalized spacial score (nSPS) is 10.2. The molecule has 1 heterocycles. The highest BCUT2D eigenvalue weighted by Crippen LogP contribution is 2.32. The van der Waals surface area contributed by atoms with E-state index in [4.69, 9.17) is 11.6 Å². The summed E-state index contributed by atoms with van der Waals surface area (Å²) in [5, 5.41) is 14.3. The molecule has 0 bridgehead atoms. The number of benzene rings is 2. The molecule has 3 rings (SSSR count). The molecule has 1 aromatic heterocycles. The monoisotopic (exact) mass is 384 g/mol. The highest BCUT2D eigenvalue weighted by molar-refractivity contribution is 9.10. The van der Waals surface area contributed by atoms with Crippen molar-refractivity contribution in [3.8, 4) is 5.75 Å². The van der Waals surface area contributed by atoms with Crippen LogP contribution in [0.15, 0.2) is 53.1 Å². The van der Waals surface area contributed by atoms with Crippen molar-refractivity contribution in [2.24, 2.45) is 0 Å². The van der Waals surface area contributed by atoms with E-state index in [1.165, 1.54) is 0 Å². The van der Waals surface area contributed by atoms with Crippen LogP contribution >= 0.6 is 39.9 Å². The molecule has 0 aliphatic heterocycles. The molecule has 108 valence electrons. The number of hydrogen-bond donors (Lipinski definition) is 2. The van der Waals surface area contributed by atoms with E-state index in [9.17, 15) is 5.11 Å². The highest BCUT2D eigenvalue weighted by atomic mass is 79.9. The van der Waals surface area contributed by atoms with Gasteiger partial charge in [-0.1, -0.05) is 27.5 Å². The zero-order valence-corrected chi connectivity index (χ0v) is 13.8. The van der Waals surface area contributed by atoms with E-state index in [0.29, 0.717) is 10.7 Å². The molecule has 0 spiro atoms. The minimum absolute atomic E-state index is 0. The van der Waals surface area contributed by atoms with Crippen LogP contribution in [0.3, 0.4) is 0 Å². The number of anilines is 2. The fourth-order valence-corrected chi connectivity index (χ4v) is 2.51. The van der Waals surface area contributed by atoms with Gasteiger partial charge in [0.15, 0.2) is 0 Å². The summed E-state index contributed by atoms with van der Waals surface area (Å²) in [4.78, 5) is 4.32. The van der Waals surface area contributed by atoms with E-state index >= 15 is 0 Å². The number of pyridine rings is 1. The minimum atomic E-state index is 0. The van der Waals surface area contributed by atoms with Gasteiger partial charge >= 0.3 is 0 Å². The number of nitrogens with zero attached hydrogens (tertiary/aromatic N) is 1. The lowest BCUT2D eigenvalue weighted by Gasteiger charge is -2.11. The van der Waals surface area contributed by atoms with E-state index in [-0.39, 0.29) is 18.2 Å². The summed E-state index contributed by atoms with van der Waals surface area (Å²) < 4.78 is 0.975. The maximum absolute atomic E-state index is 9.55. The molecule has 0 atom stereocenters. The van der Waals surface area contributed by atoms with Crippen LogP contribution in [-0.4, -0.2) is 10.1 Å². The molecule has 21 heavy (non-hydrogen) atoms. The maximum Gasteiger partial charge on any atom is 0.117 e. The van der Waals surface area contributed by atoms with Gasteiger partial charge in [-0.15, -0.1) is 12.4 Å². The molecule has 0 amide bonds. The summed E-state index contributed by atoms with van der Waals surface area (Å²) in [6.45, 7) is 0. The van der Waals surface area contributed by atoms with E-state index in [2.05, 4.69) is 26.2 Å². The first-order valence-corrected chi connectivity index (χ1v) is 7.10. The summed E-state index contributed by atoms with van der Waals surface area (Å²) in [5.74, 6) is 0.163. The van der Waals surface area contributed by atoms with Crippen LogP contribution in [-0.2, 0) is 0 Å². The van der Waals surface area contributed by atoms with Gasteiger partial charge in [-0.3, -0.25) is 4.98 Å². The summed E-state index contributed by atoms with van der Waals surface area (Å²) >= 11 is 9.59. The van der Waals surface area contributed by atoms with Gasteiger partial charge < -0.3 is 10.4 Å². The third kappa shape index (κ3) is 3.40. The summed E-state index contributed by atoms with van der Waals surface area (Å²) in [6, 6.07) is 12.5. The van der Waals surface area contributed by atoms with E-state index in [0.717, 1.165) is 21.1 Å². The summed E-state index contributed by atoms with van der Waals surface area (Å²) in [7, 11) is 0. The lowest BCUT2D eigenvalue weighted by Crippen LogP contribution is -1.93. The molecule has 0 unspecified atom stereocenters. The molecule has 0 aliphatic carbocycles. The zero-order chi connectivity index (χ0) is 14.1. The van der Waals surface area contributed by atoms with Gasteiger partial charge in [0.05, 0.1) is 16.2 Å². The Morgan fingerprint density at radius 1 is 1.05 bits per heavy atom. The Morgan fingerprint density at radius 3 is 2.67 bits per heavy atom. The number of phenols is 1. The van der Waals surface area contributed by atoms with Crippen LogP contribution in [0, 0.1) is 0 Å². The second-order valence-electron chi connectivity index (χ2n) is 4.31. The van der Waals surface area contributed by atoms with Gasteiger partial charge in [0.25, 0.3) is 0 Å². The highest BCUT2D eigenvalue weighted by Gasteiger charge is 2.06. The van der Waals surface area contributed by atoms with Crippen molar-refractivity contribution in [2.45, 2.75) is 0 Å². The first kappa shape index (κ1) is 15.9. The van der Waals surface area contributed by atoms with E-state index < -0.39 is 0 Å². The number of fused-ring (bicyclic) bond motifs is 1. The number of nitrogens with one attached hydrogen (secondary N) is 1. The van der Waals surface area contributed by atoms with Gasteiger partial charge in [-0.25, -0.2) is 0 Å². The van der Waals surface area contributed by atoms with Crippen molar-refractivity contribution < 1.29 is 5.11 Å². The van der Waals surface area contributed by atoms with Crippen molar-refractivity contribution in [1.29, 1.82) is 0 Å². The van der Waals surface area contributed by atoms with Gasteiger partial charge in [-0.05, 0) is 36.4 Å². The average Bonchev–Trinajstić information content (AvgIpc) is 2.43. The number of hydrogen-bond acceptors (Lipinski definition) is 3. The SMILES string of the molecule is Cl.Oc1ccc(Cl)c(Nc2ccnc3ccc(Br)cc23)c1. The molecule has 0 radical (unpaired) electrons. The van der Waals surface area contributed by atoms with Crippen LogP contribution < -0.4 is 5.32 Å². The minimum Gasteiger partial charge on any atom is -0.508 e. The second-order valence-corrected chi connectivity index (χ2v) is 5.63. The van der Waals surface area contributed by atoms with E-state index in [1.54, 1.807) is 24.4 Å². The second kappa shape index (κ2) is 6.52. The zero-order valence-electron chi connectivity index (χ0n) is 10.7. The van der Waals surface area contributed by atoms with Crippen molar-refractivity contribution in [1.82, 2.24) is 4.98 Å². The van der Waals surface area contributed by atoms with Crippen molar-refractivity contribution in [3.63, 3.8) is 0 Å². The number of halogens is 3.